The second-order valence-electron chi connectivity index (χ2n) is 3.58. The highest BCUT2D eigenvalue weighted by Gasteiger charge is 1.99. The maximum Gasteiger partial charge on any atom is 0.224 e. The minimum absolute atomic E-state index is 0.275. The van der Waals surface area contributed by atoms with Gasteiger partial charge in [0, 0.05) is 37.7 Å². The van der Waals surface area contributed by atoms with E-state index in [0.29, 0.717) is 5.95 Å². The van der Waals surface area contributed by atoms with E-state index in [1.807, 2.05) is 31.8 Å². The number of aromatic nitrogens is 2. The predicted octanol–water partition coefficient (Wildman–Crippen LogP) is 1.35. The summed E-state index contributed by atoms with van der Waals surface area (Å²) < 4.78 is 0. The Morgan fingerprint density at radius 2 is 2.18 bits per heavy atom. The molecule has 17 heavy (non-hydrogen) atoms. The van der Waals surface area contributed by atoms with Gasteiger partial charge in [-0.1, -0.05) is 0 Å². The van der Waals surface area contributed by atoms with Gasteiger partial charge in [-0.2, -0.15) is 16.7 Å². The van der Waals surface area contributed by atoms with Gasteiger partial charge in [0.1, 0.15) is 5.82 Å². The number of hydrogen-bond donors (Lipinski definition) is 3. The Kier molecular flexibility index (Phi) is 6.73. The highest BCUT2D eigenvalue weighted by molar-refractivity contribution is 7.99. The fraction of sp³-hybridized carbons (Fsp3) is 0.636. The summed E-state index contributed by atoms with van der Waals surface area (Å²) in [4.78, 5) is 8.53. The van der Waals surface area contributed by atoms with Gasteiger partial charge in [-0.25, -0.2) is 4.98 Å². The van der Waals surface area contributed by atoms with Gasteiger partial charge in [0.2, 0.25) is 5.95 Å². The molecule has 0 amide bonds. The van der Waals surface area contributed by atoms with Crippen LogP contribution in [0.4, 0.5) is 11.8 Å². The molecule has 5 nitrogen and oxygen atoms in total. The van der Waals surface area contributed by atoms with Crippen LogP contribution in [-0.4, -0.2) is 46.8 Å². The van der Waals surface area contributed by atoms with Crippen LogP contribution in [0.1, 0.15) is 12.1 Å². The van der Waals surface area contributed by atoms with Crippen molar-refractivity contribution in [3.8, 4) is 0 Å². The van der Waals surface area contributed by atoms with Crippen LogP contribution in [0.15, 0.2) is 6.07 Å². The Morgan fingerprint density at radius 3 is 2.88 bits per heavy atom. The number of aliphatic hydroxyl groups excluding tert-OH is 1. The number of aliphatic hydroxyl groups is 1. The Hall–Kier alpha value is -1.01. The zero-order chi connectivity index (χ0) is 12.5. The van der Waals surface area contributed by atoms with Gasteiger partial charge in [-0.3, -0.25) is 0 Å². The van der Waals surface area contributed by atoms with E-state index in [9.17, 15) is 0 Å². The summed E-state index contributed by atoms with van der Waals surface area (Å²) >= 11 is 1.83. The monoisotopic (exact) mass is 256 g/mol. The van der Waals surface area contributed by atoms with Gasteiger partial charge < -0.3 is 15.7 Å². The molecular weight excluding hydrogens is 236 g/mol. The molecule has 0 unspecified atom stereocenters. The van der Waals surface area contributed by atoms with Crippen molar-refractivity contribution in [3.05, 3.63) is 11.8 Å². The van der Waals surface area contributed by atoms with Crippen LogP contribution < -0.4 is 10.6 Å². The first-order valence-electron chi connectivity index (χ1n) is 5.72. The lowest BCUT2D eigenvalue weighted by Crippen LogP contribution is -2.08. The van der Waals surface area contributed by atoms with Gasteiger partial charge in [-0.05, 0) is 19.1 Å². The first-order valence-corrected chi connectivity index (χ1v) is 6.87. The number of thioether (sulfide) groups is 1. The molecule has 1 aromatic heterocycles. The summed E-state index contributed by atoms with van der Waals surface area (Å²) in [6.45, 7) is 3.09. The van der Waals surface area contributed by atoms with E-state index >= 15 is 0 Å². The van der Waals surface area contributed by atoms with Crippen molar-refractivity contribution in [3.63, 3.8) is 0 Å². The van der Waals surface area contributed by atoms with E-state index in [4.69, 9.17) is 5.11 Å². The van der Waals surface area contributed by atoms with E-state index in [0.717, 1.165) is 36.0 Å². The third-order valence-corrected chi connectivity index (χ3v) is 3.15. The molecule has 1 heterocycles. The van der Waals surface area contributed by atoms with Crippen molar-refractivity contribution in [1.29, 1.82) is 0 Å². The van der Waals surface area contributed by atoms with Crippen molar-refractivity contribution in [1.82, 2.24) is 9.97 Å². The van der Waals surface area contributed by atoms with E-state index in [-0.39, 0.29) is 6.61 Å². The molecule has 96 valence electrons. The van der Waals surface area contributed by atoms with E-state index in [1.165, 1.54) is 0 Å². The van der Waals surface area contributed by atoms with E-state index in [2.05, 4.69) is 20.6 Å². The topological polar surface area (TPSA) is 70.1 Å². The quantitative estimate of drug-likeness (QED) is 0.610. The molecule has 0 aliphatic carbocycles. The van der Waals surface area contributed by atoms with Crippen LogP contribution in [0, 0.1) is 6.92 Å². The SMILES string of the molecule is CNc1nc(C)cc(NCCSCCCO)n1. The molecule has 0 bridgehead atoms. The van der Waals surface area contributed by atoms with Crippen LogP contribution >= 0.6 is 11.8 Å². The molecule has 0 radical (unpaired) electrons. The molecule has 0 fully saturated rings. The number of nitrogens with zero attached hydrogens (tertiary/aromatic N) is 2. The van der Waals surface area contributed by atoms with Gasteiger partial charge in [-0.15, -0.1) is 0 Å². The van der Waals surface area contributed by atoms with Crippen LogP contribution in [0.2, 0.25) is 0 Å². The maximum absolute atomic E-state index is 8.64. The molecule has 0 aliphatic rings. The Labute approximate surface area is 106 Å². The van der Waals surface area contributed by atoms with Crippen molar-refractivity contribution in [2.45, 2.75) is 13.3 Å². The smallest absolute Gasteiger partial charge is 0.224 e. The van der Waals surface area contributed by atoms with Crippen molar-refractivity contribution in [2.75, 3.05) is 42.3 Å². The number of nitrogens with one attached hydrogen (secondary N) is 2. The molecule has 0 saturated heterocycles. The summed E-state index contributed by atoms with van der Waals surface area (Å²) in [6.07, 6.45) is 0.862. The largest absolute Gasteiger partial charge is 0.396 e. The van der Waals surface area contributed by atoms with Crippen molar-refractivity contribution in [2.24, 2.45) is 0 Å². The summed E-state index contributed by atoms with van der Waals surface area (Å²) in [5.74, 6) is 3.51. The molecule has 0 saturated carbocycles. The first-order chi connectivity index (χ1) is 8.26. The molecule has 0 spiro atoms. The van der Waals surface area contributed by atoms with E-state index < -0.39 is 0 Å². The predicted molar refractivity (Wildman–Crippen MR) is 73.8 cm³/mol. The number of hydrogen-bond acceptors (Lipinski definition) is 6. The van der Waals surface area contributed by atoms with Gasteiger partial charge >= 0.3 is 0 Å². The summed E-state index contributed by atoms with van der Waals surface area (Å²) in [6, 6.07) is 1.93. The third kappa shape index (κ3) is 5.74. The lowest BCUT2D eigenvalue weighted by Gasteiger charge is -2.07. The second-order valence-corrected chi connectivity index (χ2v) is 4.81. The summed E-state index contributed by atoms with van der Waals surface area (Å²) in [7, 11) is 1.81. The standard InChI is InChI=1S/C11H20N4OS/c1-9-8-10(15-11(12-2)14-9)13-4-7-17-6-3-5-16/h8,16H,3-7H2,1-2H3,(H2,12,13,14,15). The van der Waals surface area contributed by atoms with E-state index in [1.54, 1.807) is 0 Å². The third-order valence-electron chi connectivity index (χ3n) is 2.08. The minimum atomic E-state index is 0.275. The maximum atomic E-state index is 8.64. The zero-order valence-electron chi connectivity index (χ0n) is 10.4. The Balaban J connectivity index is 2.28. The number of rotatable bonds is 8. The zero-order valence-corrected chi connectivity index (χ0v) is 11.2. The average molecular weight is 256 g/mol. The Morgan fingerprint density at radius 1 is 1.35 bits per heavy atom. The highest BCUT2D eigenvalue weighted by atomic mass is 32.2. The summed E-state index contributed by atoms with van der Waals surface area (Å²) in [5, 5.41) is 14.8. The number of anilines is 2. The van der Waals surface area contributed by atoms with Gasteiger partial charge in [0.05, 0.1) is 0 Å². The fourth-order valence-electron chi connectivity index (χ4n) is 1.29. The molecule has 1 rings (SSSR count). The van der Waals surface area contributed by atoms with Crippen LogP contribution in [0.25, 0.3) is 0 Å². The molecule has 6 heteroatoms. The van der Waals surface area contributed by atoms with Gasteiger partial charge in [0.25, 0.3) is 0 Å². The fourth-order valence-corrected chi connectivity index (χ4v) is 2.07. The van der Waals surface area contributed by atoms with Crippen LogP contribution in [0.5, 0.6) is 0 Å². The molecular formula is C11H20N4OS. The lowest BCUT2D eigenvalue weighted by molar-refractivity contribution is 0.296. The van der Waals surface area contributed by atoms with Crippen LogP contribution in [-0.2, 0) is 0 Å². The molecule has 0 aliphatic heterocycles. The second kappa shape index (κ2) is 8.14. The first kappa shape index (κ1) is 14.1. The molecule has 0 aromatic carbocycles. The summed E-state index contributed by atoms with van der Waals surface area (Å²) in [5.41, 5.74) is 0.944. The average Bonchev–Trinajstić information content (AvgIpc) is 2.33. The lowest BCUT2D eigenvalue weighted by atomic mass is 10.4. The Bertz CT molecular complexity index is 335. The highest BCUT2D eigenvalue weighted by Crippen LogP contribution is 2.09. The normalized spacial score (nSPS) is 10.3. The molecule has 1 aromatic rings. The number of aryl methyl sites for hydroxylation is 1. The molecule has 0 atom stereocenters. The van der Waals surface area contributed by atoms with Crippen molar-refractivity contribution >= 4 is 23.5 Å². The molecule has 3 N–H and O–H groups in total. The van der Waals surface area contributed by atoms with Crippen LogP contribution in [0.3, 0.4) is 0 Å². The van der Waals surface area contributed by atoms with Crippen molar-refractivity contribution < 1.29 is 5.11 Å². The van der Waals surface area contributed by atoms with Gasteiger partial charge in [0.15, 0.2) is 0 Å². The minimum Gasteiger partial charge on any atom is -0.396 e.